The summed E-state index contributed by atoms with van der Waals surface area (Å²) in [7, 11) is 0. The number of para-hydroxylation sites is 6. The Morgan fingerprint density at radius 1 is 0.321 bits per heavy atom. The minimum Gasteiger partial charge on any atom is -0.456 e. The van der Waals surface area contributed by atoms with Gasteiger partial charge in [0.05, 0.1) is 0 Å². The fourth-order valence-electron chi connectivity index (χ4n) is 14.5. The number of fused-ring (bicyclic) bond motifs is 11. The molecule has 0 amide bonds. The van der Waals surface area contributed by atoms with Crippen molar-refractivity contribution in [3.63, 3.8) is 0 Å². The first-order valence-electron chi connectivity index (χ1n) is 29.1. The van der Waals surface area contributed by atoms with Crippen molar-refractivity contribution in [2.75, 3.05) is 29.4 Å². The van der Waals surface area contributed by atoms with Crippen LogP contribution in [0.4, 0.5) is 79.6 Å². The Balaban J connectivity index is 1.01. The van der Waals surface area contributed by atoms with E-state index >= 15 is 0 Å². The third-order valence-electron chi connectivity index (χ3n) is 17.4. The summed E-state index contributed by atoms with van der Waals surface area (Å²) in [5.74, 6) is 0. The quantitative estimate of drug-likeness (QED) is 0.126. The zero-order valence-electron chi connectivity index (χ0n) is 47.3. The van der Waals surface area contributed by atoms with Gasteiger partial charge in [-0.3, -0.25) is 0 Å². The Hall–Kier alpha value is -9.07. The summed E-state index contributed by atoms with van der Waals surface area (Å²) in [6, 6.07) is 82.3. The highest BCUT2D eigenvalue weighted by Crippen LogP contribution is 2.50. The highest BCUT2D eigenvalue weighted by atomic mass is 16.3. The van der Waals surface area contributed by atoms with Crippen molar-refractivity contribution in [1.29, 1.82) is 0 Å². The summed E-state index contributed by atoms with van der Waals surface area (Å²) in [5.41, 5.74) is 26.0. The number of nitrogens with zero attached hydrogens (tertiary/aromatic N) is 6. The van der Waals surface area contributed by atoms with Crippen molar-refractivity contribution >= 4 is 148 Å². The second kappa shape index (κ2) is 18.8. The third kappa shape index (κ3) is 7.43. The Morgan fingerprint density at radius 3 is 1.04 bits per heavy atom. The topological polar surface area (TPSA) is 32.6 Å². The van der Waals surface area contributed by atoms with Gasteiger partial charge in [-0.2, -0.15) is 0 Å². The van der Waals surface area contributed by atoms with Gasteiger partial charge in [-0.05, 0) is 173 Å². The van der Waals surface area contributed by atoms with Crippen molar-refractivity contribution < 1.29 is 4.42 Å². The molecule has 0 saturated carbocycles. The molecule has 5 heterocycles. The van der Waals surface area contributed by atoms with Crippen LogP contribution >= 0.6 is 0 Å². The molecule has 4 aliphatic rings. The monoisotopic (exact) mass is 1050 g/mol. The van der Waals surface area contributed by atoms with E-state index in [0.29, 0.717) is 0 Å². The lowest BCUT2D eigenvalue weighted by Gasteiger charge is -2.46. The van der Waals surface area contributed by atoms with Crippen LogP contribution in [0.15, 0.2) is 223 Å². The van der Waals surface area contributed by atoms with E-state index in [-0.39, 0.29) is 37.6 Å². The van der Waals surface area contributed by atoms with Crippen LogP contribution in [-0.2, 0) is 0 Å². The van der Waals surface area contributed by atoms with Gasteiger partial charge < -0.3 is 33.8 Å². The molecular formula is C72H64B2N6O. The number of benzene rings is 10. The van der Waals surface area contributed by atoms with Crippen LogP contribution in [0.5, 0.6) is 0 Å². The minimum atomic E-state index is -0.0489. The number of rotatable bonds is 10. The summed E-state index contributed by atoms with van der Waals surface area (Å²) in [6.07, 6.45) is 0. The zero-order chi connectivity index (χ0) is 54.9. The molecule has 7 nitrogen and oxygen atoms in total. The molecule has 4 aliphatic heterocycles. The van der Waals surface area contributed by atoms with Gasteiger partial charge in [0.15, 0.2) is 0 Å². The third-order valence-corrected chi connectivity index (χ3v) is 17.4. The van der Waals surface area contributed by atoms with E-state index in [1.54, 1.807) is 0 Å². The molecule has 394 valence electrons. The smallest absolute Gasteiger partial charge is 0.252 e. The molecule has 9 heteroatoms. The molecule has 11 aromatic rings. The van der Waals surface area contributed by atoms with Gasteiger partial charge >= 0.3 is 0 Å². The van der Waals surface area contributed by atoms with Gasteiger partial charge in [-0.15, -0.1) is 0 Å². The SMILES string of the molecule is CC(C)N(c1ccccc1)c1cc2c3c(c1)N(C(C)C)c1ccccc1B3c1cc3c(cc1N2c1ccccc1)oc1cc2c(cc13)B1c3ccccc3N(C(C)C)c3cc(N(c4ccccc4)C(C)C)cc(c31)N2c1ccccc1. The average molecular weight is 1050 g/mol. The molecule has 0 aliphatic carbocycles. The first-order chi connectivity index (χ1) is 39.5. The fraction of sp³-hybridized carbons (Fsp3) is 0.167. The van der Waals surface area contributed by atoms with Crippen LogP contribution in [-0.4, -0.2) is 37.6 Å². The maximum atomic E-state index is 7.39. The Morgan fingerprint density at radius 2 is 0.667 bits per heavy atom. The van der Waals surface area contributed by atoms with E-state index in [4.69, 9.17) is 4.42 Å². The highest BCUT2D eigenvalue weighted by molar-refractivity contribution is 7.01. The van der Waals surface area contributed by atoms with Gasteiger partial charge in [0.1, 0.15) is 11.2 Å². The standard InChI is InChI=1S/C72H64B2N6O/c1-45(2)75(49-25-13-9-14-26-49)53-37-65-71-67(39-53)79(51-29-17-11-18-30-51)63-43-69-55(41-59(63)73(71)57-33-21-23-35-61(57)77(65)47(5)6)56-42-60-64(44-70(56)81-69)80(52-31-19-12-20-32-52)68-40-54(76(46(3)4)50-27-15-10-16-28-50)38-66-72(68)74(60)58-34-22-24-36-62(58)78(66)48(7)8/h9-48H,1-8H3. The van der Waals surface area contributed by atoms with E-state index in [2.05, 4.69) is 303 Å². The molecule has 0 spiro atoms. The van der Waals surface area contributed by atoms with Gasteiger partial charge in [-0.25, -0.2) is 0 Å². The second-order valence-corrected chi connectivity index (χ2v) is 23.6. The van der Waals surface area contributed by atoms with Crippen LogP contribution in [0.2, 0.25) is 0 Å². The molecule has 15 rings (SSSR count). The molecule has 0 bridgehead atoms. The lowest BCUT2D eigenvalue weighted by atomic mass is 9.33. The van der Waals surface area contributed by atoms with Crippen molar-refractivity contribution in [2.24, 2.45) is 0 Å². The maximum Gasteiger partial charge on any atom is 0.252 e. The van der Waals surface area contributed by atoms with Crippen LogP contribution in [0.1, 0.15) is 55.4 Å². The zero-order valence-corrected chi connectivity index (χ0v) is 47.3. The molecule has 0 saturated heterocycles. The average Bonchev–Trinajstić information content (AvgIpc) is 3.98. The van der Waals surface area contributed by atoms with Crippen LogP contribution in [0, 0.1) is 0 Å². The van der Waals surface area contributed by atoms with Gasteiger partial charge in [0, 0.05) is 127 Å². The second-order valence-electron chi connectivity index (χ2n) is 23.6. The number of hydrogen-bond acceptors (Lipinski definition) is 7. The fourth-order valence-corrected chi connectivity index (χ4v) is 14.5. The highest BCUT2D eigenvalue weighted by Gasteiger charge is 2.47. The van der Waals surface area contributed by atoms with Crippen molar-refractivity contribution in [1.82, 2.24) is 0 Å². The summed E-state index contributed by atoms with van der Waals surface area (Å²) < 4.78 is 7.39. The minimum absolute atomic E-state index is 0.0489. The first-order valence-corrected chi connectivity index (χ1v) is 29.1. The van der Waals surface area contributed by atoms with E-state index < -0.39 is 0 Å². The van der Waals surface area contributed by atoms with Crippen molar-refractivity contribution in [3.05, 3.63) is 218 Å². The van der Waals surface area contributed by atoms with Gasteiger partial charge in [-0.1, -0.05) is 121 Å². The molecule has 0 radical (unpaired) electrons. The Bertz CT molecular complexity index is 3990. The van der Waals surface area contributed by atoms with Crippen LogP contribution < -0.4 is 62.2 Å². The summed E-state index contributed by atoms with van der Waals surface area (Å²) >= 11 is 0. The van der Waals surface area contributed by atoms with Crippen molar-refractivity contribution in [3.8, 4) is 0 Å². The lowest BCUT2D eigenvalue weighted by Crippen LogP contribution is -2.62. The van der Waals surface area contributed by atoms with Gasteiger partial charge in [0.2, 0.25) is 0 Å². The molecular weight excluding hydrogens is 986 g/mol. The molecule has 0 N–H and O–H groups in total. The molecule has 0 fully saturated rings. The number of hydrogen-bond donors (Lipinski definition) is 0. The lowest BCUT2D eigenvalue weighted by molar-refractivity contribution is 0.669. The molecule has 10 aromatic carbocycles. The summed E-state index contributed by atoms with van der Waals surface area (Å²) in [6.45, 7) is 18.4. The number of furan rings is 1. The van der Waals surface area contributed by atoms with E-state index in [0.717, 1.165) is 56.1 Å². The summed E-state index contributed by atoms with van der Waals surface area (Å²) in [5, 5.41) is 2.24. The van der Waals surface area contributed by atoms with Crippen molar-refractivity contribution in [2.45, 2.75) is 79.6 Å². The Labute approximate surface area is 477 Å². The first kappa shape index (κ1) is 49.0. The van der Waals surface area contributed by atoms with E-state index in [1.165, 1.54) is 78.3 Å². The molecule has 0 unspecified atom stereocenters. The number of anilines is 14. The van der Waals surface area contributed by atoms with Crippen LogP contribution in [0.3, 0.4) is 0 Å². The predicted octanol–water partition coefficient (Wildman–Crippen LogP) is 15.0. The normalized spacial score (nSPS) is 13.7. The van der Waals surface area contributed by atoms with E-state index in [1.807, 2.05) is 0 Å². The summed E-state index contributed by atoms with van der Waals surface area (Å²) in [4.78, 5) is 15.2. The van der Waals surface area contributed by atoms with Gasteiger partial charge in [0.25, 0.3) is 13.4 Å². The largest absolute Gasteiger partial charge is 0.456 e. The molecule has 1 aromatic heterocycles. The maximum absolute atomic E-state index is 7.39. The van der Waals surface area contributed by atoms with E-state index in [9.17, 15) is 0 Å². The predicted molar refractivity (Wildman–Crippen MR) is 347 cm³/mol. The van der Waals surface area contributed by atoms with Crippen LogP contribution in [0.25, 0.3) is 21.9 Å². The Kier molecular flexibility index (Phi) is 11.4. The molecule has 0 atom stereocenters. The molecule has 81 heavy (non-hydrogen) atoms.